The summed E-state index contributed by atoms with van der Waals surface area (Å²) in [6, 6.07) is 2.57. The summed E-state index contributed by atoms with van der Waals surface area (Å²) in [6.07, 6.45) is 6.66. The molecule has 2 aliphatic rings. The first-order chi connectivity index (χ1) is 20.0. The van der Waals surface area contributed by atoms with Gasteiger partial charge in [-0.3, -0.25) is 19.5 Å². The number of nitrogens with two attached hydrogens (primary N) is 1. The van der Waals surface area contributed by atoms with Crippen molar-refractivity contribution in [3.05, 3.63) is 59.4 Å². The van der Waals surface area contributed by atoms with Crippen LogP contribution < -0.4 is 11.1 Å². The van der Waals surface area contributed by atoms with Crippen LogP contribution >= 0.6 is 23.1 Å². The molecule has 2 aliphatic heterocycles. The SMILES string of the molecule is CC(C)(O/N=C(\C(=O)N[C@@H]1C(=O)N2C(C(=O)O)=C(Cn3cnc(-c4cccnc4)c3)CSC12)c1csc(N)n1)C(=O)O.[Na]. The van der Waals surface area contributed by atoms with Crippen molar-refractivity contribution in [1.29, 1.82) is 0 Å². The zero-order valence-electron chi connectivity index (χ0n) is 23.1. The molecule has 0 aromatic carbocycles. The van der Waals surface area contributed by atoms with Crippen molar-refractivity contribution in [3.63, 3.8) is 0 Å². The van der Waals surface area contributed by atoms with E-state index in [2.05, 4.69) is 25.4 Å². The Hall–Kier alpha value is -3.77. The molecule has 1 fully saturated rings. The maximum atomic E-state index is 13.2. The van der Waals surface area contributed by atoms with Crippen molar-refractivity contribution >= 4 is 87.3 Å². The summed E-state index contributed by atoms with van der Waals surface area (Å²) >= 11 is 2.32. The molecule has 0 bridgehead atoms. The molecule has 0 aliphatic carbocycles. The van der Waals surface area contributed by atoms with Crippen molar-refractivity contribution in [2.75, 3.05) is 11.5 Å². The van der Waals surface area contributed by atoms with Gasteiger partial charge in [-0.05, 0) is 31.6 Å². The number of hydrogen-bond donors (Lipinski definition) is 4. The molecule has 3 aromatic heterocycles. The number of carboxylic acid groups (broad SMARTS) is 2. The number of carbonyl (C=O) groups excluding carboxylic acids is 2. The molecule has 2 amide bonds. The van der Waals surface area contributed by atoms with Gasteiger partial charge in [0, 0.05) is 71.4 Å². The van der Waals surface area contributed by atoms with Crippen LogP contribution in [0.3, 0.4) is 0 Å². The van der Waals surface area contributed by atoms with Gasteiger partial charge in [-0.15, -0.1) is 23.1 Å². The molecule has 1 radical (unpaired) electrons. The number of nitrogens with one attached hydrogen (secondary N) is 1. The van der Waals surface area contributed by atoms with Gasteiger partial charge >= 0.3 is 11.9 Å². The quantitative estimate of drug-likeness (QED) is 0.104. The molecule has 3 aromatic rings. The second kappa shape index (κ2) is 12.8. The van der Waals surface area contributed by atoms with Gasteiger partial charge < -0.3 is 30.7 Å². The third-order valence-electron chi connectivity index (χ3n) is 6.36. The van der Waals surface area contributed by atoms with Gasteiger partial charge in [0.05, 0.1) is 12.0 Å². The smallest absolute Gasteiger partial charge is 0.352 e. The Bertz CT molecular complexity index is 1640. The number of amides is 2. The Morgan fingerprint density at radius 3 is 2.70 bits per heavy atom. The Labute approximate surface area is 274 Å². The minimum atomic E-state index is -1.76. The van der Waals surface area contributed by atoms with E-state index in [0.717, 1.165) is 21.8 Å². The van der Waals surface area contributed by atoms with Gasteiger partial charge in [-0.2, -0.15) is 0 Å². The second-order valence-corrected chi connectivity index (χ2v) is 11.7. The minimum absolute atomic E-state index is 0. The molecular weight excluding hydrogens is 611 g/mol. The number of fused-ring (bicyclic) bond motifs is 1. The zero-order chi connectivity index (χ0) is 30.2. The number of aliphatic carboxylic acids is 2. The number of aromatic nitrogens is 4. The van der Waals surface area contributed by atoms with E-state index in [9.17, 15) is 29.4 Å². The van der Waals surface area contributed by atoms with Gasteiger partial charge in [0.1, 0.15) is 22.8 Å². The molecule has 18 heteroatoms. The summed E-state index contributed by atoms with van der Waals surface area (Å²) in [5, 5.41) is 26.5. The maximum absolute atomic E-state index is 13.2. The number of carbonyl (C=O) groups is 4. The molecule has 0 spiro atoms. The number of nitrogen functional groups attached to an aromatic ring is 1. The monoisotopic (exact) mass is 635 g/mol. The summed E-state index contributed by atoms with van der Waals surface area (Å²) in [7, 11) is 0. The molecule has 5 heterocycles. The van der Waals surface area contributed by atoms with Crippen molar-refractivity contribution in [1.82, 2.24) is 29.7 Å². The Morgan fingerprint density at radius 2 is 2.07 bits per heavy atom. The molecule has 5 rings (SSSR count). The molecule has 43 heavy (non-hydrogen) atoms. The number of anilines is 1. The van der Waals surface area contributed by atoms with E-state index in [4.69, 9.17) is 10.6 Å². The maximum Gasteiger partial charge on any atom is 0.352 e. The largest absolute Gasteiger partial charge is 0.478 e. The fourth-order valence-corrected chi connectivity index (χ4v) is 6.03. The van der Waals surface area contributed by atoms with E-state index in [1.807, 2.05) is 6.07 Å². The second-order valence-electron chi connectivity index (χ2n) is 9.71. The topological polar surface area (TPSA) is 215 Å². The van der Waals surface area contributed by atoms with Crippen molar-refractivity contribution < 1.29 is 34.2 Å². The summed E-state index contributed by atoms with van der Waals surface area (Å²) in [4.78, 5) is 68.9. The van der Waals surface area contributed by atoms with Gasteiger partial charge in [0.2, 0.25) is 5.60 Å². The van der Waals surface area contributed by atoms with Crippen LogP contribution in [0.5, 0.6) is 0 Å². The van der Waals surface area contributed by atoms with Crippen molar-refractivity contribution in [2.24, 2.45) is 5.16 Å². The standard InChI is InChI=1S/C25H24N8O7S2.Na/c1-25(2,23(38)39)40-31-16(15-10-42-24(26)29-15)19(34)30-17-20(35)33-18(22(36)37)13(9-41-21(17)33)7-32-8-14(28-11-32)12-4-3-5-27-6-12;/h3-6,8,10-11,17,21H,7,9H2,1-2H3,(H2,26,29)(H,30,34)(H,36,37)(H,38,39);/b31-16-;/t17-,21?;/m1./s1. The number of nitrogens with zero attached hydrogens (tertiary/aromatic N) is 6. The fraction of sp³-hybridized carbons (Fsp3) is 0.280. The zero-order valence-corrected chi connectivity index (χ0v) is 26.8. The Balaban J connectivity index is 0.00000423. The third kappa shape index (κ3) is 6.59. The van der Waals surface area contributed by atoms with Crippen LogP contribution in [0.15, 0.2) is 58.9 Å². The molecule has 1 unspecified atom stereocenters. The fourth-order valence-electron chi connectivity index (χ4n) is 4.14. The van der Waals surface area contributed by atoms with Gasteiger partial charge in [0.25, 0.3) is 11.8 Å². The molecular formula is C25H24N8NaO7S2. The first-order valence-electron chi connectivity index (χ1n) is 12.3. The van der Waals surface area contributed by atoms with Crippen LogP contribution in [0.4, 0.5) is 5.13 Å². The van der Waals surface area contributed by atoms with Crippen LogP contribution in [-0.4, -0.2) is 116 Å². The van der Waals surface area contributed by atoms with E-state index in [0.29, 0.717) is 11.3 Å². The number of oxime groups is 1. The van der Waals surface area contributed by atoms with E-state index >= 15 is 0 Å². The van der Waals surface area contributed by atoms with Crippen LogP contribution in [0.25, 0.3) is 11.3 Å². The number of rotatable bonds is 10. The van der Waals surface area contributed by atoms with Gasteiger partial charge in [-0.1, -0.05) is 5.16 Å². The predicted molar refractivity (Wildman–Crippen MR) is 157 cm³/mol. The molecule has 0 saturated carbocycles. The molecule has 1 saturated heterocycles. The Kier molecular flexibility index (Phi) is 9.60. The molecule has 5 N–H and O–H groups in total. The predicted octanol–water partition coefficient (Wildman–Crippen LogP) is 0.626. The molecule has 219 valence electrons. The molecule has 15 nitrogen and oxygen atoms in total. The number of imidazole rings is 1. The number of β-lactam (4-membered cyclic amide) rings is 1. The van der Waals surface area contributed by atoms with Gasteiger partial charge in [0.15, 0.2) is 10.8 Å². The van der Waals surface area contributed by atoms with E-state index in [-0.39, 0.29) is 64.1 Å². The van der Waals surface area contributed by atoms with E-state index in [1.165, 1.54) is 31.0 Å². The number of pyridine rings is 1. The summed E-state index contributed by atoms with van der Waals surface area (Å²) < 4.78 is 1.73. The summed E-state index contributed by atoms with van der Waals surface area (Å²) in [6.45, 7) is 2.68. The summed E-state index contributed by atoms with van der Waals surface area (Å²) in [5.74, 6) is -3.80. The minimum Gasteiger partial charge on any atom is -0.478 e. The number of carboxylic acids is 2. The normalized spacial score (nSPS) is 18.3. The average molecular weight is 636 g/mol. The van der Waals surface area contributed by atoms with Gasteiger partial charge in [-0.25, -0.2) is 19.6 Å². The summed E-state index contributed by atoms with van der Waals surface area (Å²) in [5.41, 5.74) is 5.38. The number of thioether (sulfide) groups is 1. The van der Waals surface area contributed by atoms with E-state index in [1.54, 1.807) is 35.6 Å². The number of thiazole rings is 1. The third-order valence-corrected chi connectivity index (χ3v) is 8.37. The van der Waals surface area contributed by atoms with Crippen LogP contribution in [-0.2, 0) is 30.6 Å². The first-order valence-corrected chi connectivity index (χ1v) is 14.2. The van der Waals surface area contributed by atoms with Crippen molar-refractivity contribution in [3.8, 4) is 11.3 Å². The number of hydrogen-bond acceptors (Lipinski definition) is 12. The first kappa shape index (κ1) is 32.2. The Morgan fingerprint density at radius 1 is 1.30 bits per heavy atom. The van der Waals surface area contributed by atoms with Crippen molar-refractivity contribution in [2.45, 2.75) is 37.4 Å². The van der Waals surface area contributed by atoms with Crippen LogP contribution in [0.2, 0.25) is 0 Å². The van der Waals surface area contributed by atoms with E-state index < -0.39 is 40.8 Å². The molecule has 2 atom stereocenters. The van der Waals surface area contributed by atoms with Crippen LogP contribution in [0, 0.1) is 0 Å². The average Bonchev–Trinajstić information content (AvgIpc) is 3.60. The van der Waals surface area contributed by atoms with Crippen LogP contribution in [0.1, 0.15) is 19.5 Å².